The Hall–Kier alpha value is -1.61. The monoisotopic (exact) mass is 242 g/mol. The number of rotatable bonds is 6. The number of hydrogen-bond acceptors (Lipinski definition) is 3. The Bertz CT molecular complexity index is 523. The fraction of sp³-hybridized carbons (Fsp3) is 0.400. The van der Waals surface area contributed by atoms with Crippen LogP contribution in [-0.4, -0.2) is 24.7 Å². The van der Waals surface area contributed by atoms with Crippen LogP contribution < -0.4 is 10.1 Å². The standard InChI is InChI=1S/C15H18N2O/c1-2-4-15-13(3-1)9-14(11-17-15)18-8-7-16-10-12-5-6-12/h1-4,9,11-12,16H,5-8,10H2. The largest absolute Gasteiger partial charge is 0.491 e. The van der Waals surface area contributed by atoms with Crippen molar-refractivity contribution in [3.8, 4) is 5.75 Å². The number of ether oxygens (including phenoxy) is 1. The molecule has 94 valence electrons. The van der Waals surface area contributed by atoms with Crippen molar-refractivity contribution in [3.05, 3.63) is 36.5 Å². The number of nitrogens with one attached hydrogen (secondary N) is 1. The summed E-state index contributed by atoms with van der Waals surface area (Å²) in [6.07, 6.45) is 4.58. The summed E-state index contributed by atoms with van der Waals surface area (Å²) in [7, 11) is 0. The smallest absolute Gasteiger partial charge is 0.138 e. The summed E-state index contributed by atoms with van der Waals surface area (Å²) in [6.45, 7) is 2.75. The fourth-order valence-electron chi connectivity index (χ4n) is 2.00. The van der Waals surface area contributed by atoms with Gasteiger partial charge in [-0.25, -0.2) is 0 Å². The molecule has 0 saturated heterocycles. The van der Waals surface area contributed by atoms with Crippen LogP contribution in [0.2, 0.25) is 0 Å². The van der Waals surface area contributed by atoms with E-state index in [4.69, 9.17) is 4.74 Å². The highest BCUT2D eigenvalue weighted by atomic mass is 16.5. The maximum absolute atomic E-state index is 5.69. The van der Waals surface area contributed by atoms with Crippen LogP contribution in [0.15, 0.2) is 36.5 Å². The molecule has 0 atom stereocenters. The number of fused-ring (bicyclic) bond motifs is 1. The van der Waals surface area contributed by atoms with Crippen LogP contribution in [0.25, 0.3) is 10.9 Å². The number of hydrogen-bond donors (Lipinski definition) is 1. The van der Waals surface area contributed by atoms with E-state index in [-0.39, 0.29) is 0 Å². The van der Waals surface area contributed by atoms with Gasteiger partial charge in [0.1, 0.15) is 12.4 Å². The van der Waals surface area contributed by atoms with Gasteiger partial charge in [0.2, 0.25) is 0 Å². The molecule has 0 radical (unpaired) electrons. The molecule has 0 bridgehead atoms. The van der Waals surface area contributed by atoms with Crippen LogP contribution in [-0.2, 0) is 0 Å². The van der Waals surface area contributed by atoms with E-state index in [1.54, 1.807) is 6.20 Å². The van der Waals surface area contributed by atoms with Crippen molar-refractivity contribution in [2.75, 3.05) is 19.7 Å². The highest BCUT2D eigenvalue weighted by Gasteiger charge is 2.19. The summed E-state index contributed by atoms with van der Waals surface area (Å²) < 4.78 is 5.69. The maximum Gasteiger partial charge on any atom is 0.138 e. The maximum atomic E-state index is 5.69. The first kappa shape index (κ1) is 11.5. The molecule has 3 rings (SSSR count). The first-order chi connectivity index (χ1) is 8.92. The van der Waals surface area contributed by atoms with Crippen LogP contribution in [0, 0.1) is 5.92 Å². The minimum Gasteiger partial charge on any atom is -0.491 e. The van der Waals surface area contributed by atoms with Gasteiger partial charge in [-0.2, -0.15) is 0 Å². The molecule has 1 heterocycles. The first-order valence-electron chi connectivity index (χ1n) is 6.60. The van der Waals surface area contributed by atoms with Crippen molar-refractivity contribution in [1.29, 1.82) is 0 Å². The molecule has 3 heteroatoms. The van der Waals surface area contributed by atoms with Crippen molar-refractivity contribution < 1.29 is 4.74 Å². The van der Waals surface area contributed by atoms with Crippen molar-refractivity contribution >= 4 is 10.9 Å². The van der Waals surface area contributed by atoms with Gasteiger partial charge in [0, 0.05) is 11.9 Å². The molecule has 3 nitrogen and oxygen atoms in total. The lowest BCUT2D eigenvalue weighted by atomic mass is 10.2. The van der Waals surface area contributed by atoms with Gasteiger partial charge in [0.25, 0.3) is 0 Å². The van der Waals surface area contributed by atoms with Gasteiger partial charge in [-0.3, -0.25) is 4.98 Å². The Labute approximate surface area is 107 Å². The van der Waals surface area contributed by atoms with Crippen LogP contribution in [0.5, 0.6) is 5.75 Å². The lowest BCUT2D eigenvalue weighted by molar-refractivity contribution is 0.312. The van der Waals surface area contributed by atoms with Crippen molar-refractivity contribution in [3.63, 3.8) is 0 Å². The Morgan fingerprint density at radius 1 is 1.28 bits per heavy atom. The van der Waals surface area contributed by atoms with Crippen LogP contribution >= 0.6 is 0 Å². The zero-order chi connectivity index (χ0) is 12.2. The second-order valence-corrected chi connectivity index (χ2v) is 4.86. The number of nitrogens with zero attached hydrogens (tertiary/aromatic N) is 1. The predicted octanol–water partition coefficient (Wildman–Crippen LogP) is 2.61. The molecule has 0 aliphatic heterocycles. The van der Waals surface area contributed by atoms with E-state index in [0.29, 0.717) is 6.61 Å². The van der Waals surface area contributed by atoms with Crippen LogP contribution in [0.4, 0.5) is 0 Å². The minimum atomic E-state index is 0.701. The average Bonchev–Trinajstić information content (AvgIpc) is 3.22. The third-order valence-corrected chi connectivity index (χ3v) is 3.24. The second-order valence-electron chi connectivity index (χ2n) is 4.86. The molecule has 1 aromatic carbocycles. The summed E-state index contributed by atoms with van der Waals surface area (Å²) in [6, 6.07) is 10.1. The minimum absolute atomic E-state index is 0.701. The zero-order valence-electron chi connectivity index (χ0n) is 10.4. The van der Waals surface area contributed by atoms with Crippen molar-refractivity contribution in [2.45, 2.75) is 12.8 Å². The number of aromatic nitrogens is 1. The molecule has 0 spiro atoms. The molecule has 1 aliphatic carbocycles. The van der Waals surface area contributed by atoms with E-state index in [1.165, 1.54) is 12.8 Å². The molecule has 1 saturated carbocycles. The van der Waals surface area contributed by atoms with E-state index in [0.717, 1.165) is 35.7 Å². The molecule has 1 N–H and O–H groups in total. The second kappa shape index (κ2) is 5.36. The van der Waals surface area contributed by atoms with E-state index in [1.807, 2.05) is 24.3 Å². The molecule has 1 aliphatic rings. The van der Waals surface area contributed by atoms with Crippen LogP contribution in [0.1, 0.15) is 12.8 Å². The van der Waals surface area contributed by atoms with Gasteiger partial charge in [-0.1, -0.05) is 18.2 Å². The lowest BCUT2D eigenvalue weighted by Gasteiger charge is -2.07. The molecule has 2 aromatic rings. The normalized spacial score (nSPS) is 14.9. The molecular formula is C15H18N2O. The number of pyridine rings is 1. The van der Waals surface area contributed by atoms with Crippen LogP contribution in [0.3, 0.4) is 0 Å². The molecule has 1 fully saturated rings. The van der Waals surface area contributed by atoms with E-state index >= 15 is 0 Å². The molecule has 1 aromatic heterocycles. The summed E-state index contributed by atoms with van der Waals surface area (Å²) in [5.41, 5.74) is 1.01. The predicted molar refractivity (Wildman–Crippen MR) is 72.8 cm³/mol. The van der Waals surface area contributed by atoms with Gasteiger partial charge >= 0.3 is 0 Å². The molecule has 0 amide bonds. The highest BCUT2D eigenvalue weighted by molar-refractivity contribution is 5.79. The van der Waals surface area contributed by atoms with Gasteiger partial charge in [0.05, 0.1) is 11.7 Å². The van der Waals surface area contributed by atoms with Crippen molar-refractivity contribution in [1.82, 2.24) is 10.3 Å². The topological polar surface area (TPSA) is 34.1 Å². The third kappa shape index (κ3) is 2.99. The average molecular weight is 242 g/mol. The Morgan fingerprint density at radius 3 is 3.06 bits per heavy atom. The Kier molecular flexibility index (Phi) is 3.42. The molecular weight excluding hydrogens is 224 g/mol. The summed E-state index contributed by atoms with van der Waals surface area (Å²) in [5.74, 6) is 1.77. The summed E-state index contributed by atoms with van der Waals surface area (Å²) in [5, 5.41) is 4.54. The Balaban J connectivity index is 1.50. The first-order valence-corrected chi connectivity index (χ1v) is 6.60. The number of para-hydroxylation sites is 1. The lowest BCUT2D eigenvalue weighted by Crippen LogP contribution is -2.23. The SMILES string of the molecule is c1ccc2ncc(OCCNCC3CC3)cc2c1. The van der Waals surface area contributed by atoms with E-state index < -0.39 is 0 Å². The fourth-order valence-corrected chi connectivity index (χ4v) is 2.00. The summed E-state index contributed by atoms with van der Waals surface area (Å²) >= 11 is 0. The van der Waals surface area contributed by atoms with Crippen molar-refractivity contribution in [2.24, 2.45) is 5.92 Å². The molecule has 18 heavy (non-hydrogen) atoms. The zero-order valence-corrected chi connectivity index (χ0v) is 10.4. The quantitative estimate of drug-likeness (QED) is 0.791. The molecule has 0 unspecified atom stereocenters. The van der Waals surface area contributed by atoms with E-state index in [9.17, 15) is 0 Å². The summed E-state index contributed by atoms with van der Waals surface area (Å²) in [4.78, 5) is 4.37. The highest BCUT2D eigenvalue weighted by Crippen LogP contribution is 2.27. The third-order valence-electron chi connectivity index (χ3n) is 3.24. The van der Waals surface area contributed by atoms with Gasteiger partial charge in [-0.05, 0) is 37.4 Å². The van der Waals surface area contributed by atoms with Gasteiger partial charge in [0.15, 0.2) is 0 Å². The van der Waals surface area contributed by atoms with Gasteiger partial charge < -0.3 is 10.1 Å². The number of benzene rings is 1. The van der Waals surface area contributed by atoms with Gasteiger partial charge in [-0.15, -0.1) is 0 Å². The van der Waals surface area contributed by atoms with E-state index in [2.05, 4.69) is 16.4 Å². The Morgan fingerprint density at radius 2 is 2.17 bits per heavy atom.